The summed E-state index contributed by atoms with van der Waals surface area (Å²) in [5.41, 5.74) is 0.608. The molecule has 0 spiro atoms. The Morgan fingerprint density at radius 3 is 2.36 bits per heavy atom. The number of thiophene rings is 1. The van der Waals surface area contributed by atoms with Gasteiger partial charge in [0, 0.05) is 23.4 Å². The third-order valence-electron chi connectivity index (χ3n) is 4.36. The van der Waals surface area contributed by atoms with Gasteiger partial charge in [-0.2, -0.15) is 0 Å². The molecule has 0 aliphatic heterocycles. The molecule has 5 heteroatoms. The summed E-state index contributed by atoms with van der Waals surface area (Å²) in [6.07, 6.45) is 2.31. The van der Waals surface area contributed by atoms with Crippen molar-refractivity contribution in [2.24, 2.45) is 5.92 Å². The van der Waals surface area contributed by atoms with E-state index in [1.807, 2.05) is 29.6 Å². The average molecular weight is 359 g/mol. The molecule has 0 bridgehead atoms. The molecule has 25 heavy (non-hydrogen) atoms. The van der Waals surface area contributed by atoms with E-state index >= 15 is 0 Å². The Morgan fingerprint density at radius 2 is 1.76 bits per heavy atom. The predicted molar refractivity (Wildman–Crippen MR) is 103 cm³/mol. The zero-order chi connectivity index (χ0) is 18.1. The van der Waals surface area contributed by atoms with E-state index in [1.165, 1.54) is 4.88 Å². The lowest BCUT2D eigenvalue weighted by atomic mass is 9.93. The van der Waals surface area contributed by atoms with E-state index in [4.69, 9.17) is 0 Å². The van der Waals surface area contributed by atoms with Gasteiger partial charge in [-0.05, 0) is 29.5 Å². The summed E-state index contributed by atoms with van der Waals surface area (Å²) in [5, 5.41) is 7.99. The molecule has 1 heterocycles. The fourth-order valence-electron chi connectivity index (χ4n) is 2.88. The highest BCUT2D eigenvalue weighted by atomic mass is 32.1. The topological polar surface area (TPSA) is 58.2 Å². The maximum Gasteiger partial charge on any atom is 0.251 e. The molecule has 2 amide bonds. The fraction of sp³-hybridized carbons (Fsp3) is 0.400. The highest BCUT2D eigenvalue weighted by Gasteiger charge is 2.23. The Morgan fingerprint density at radius 1 is 1.04 bits per heavy atom. The maximum atomic E-state index is 12.3. The number of rotatable bonds is 9. The lowest BCUT2D eigenvalue weighted by Crippen LogP contribution is -2.35. The standard InChI is InChI=1S/C20H26N2O2S/c1-3-15(4-2)19(17-11-8-14-25-17)22-18(23)12-13-21-20(24)16-9-6-5-7-10-16/h5-11,14-15,19H,3-4,12-13H2,1-2H3,(H,21,24)(H,22,23). The van der Waals surface area contributed by atoms with E-state index in [2.05, 4.69) is 30.5 Å². The van der Waals surface area contributed by atoms with Crippen LogP contribution in [0.25, 0.3) is 0 Å². The monoisotopic (exact) mass is 358 g/mol. The summed E-state index contributed by atoms with van der Waals surface area (Å²) >= 11 is 1.67. The summed E-state index contributed by atoms with van der Waals surface area (Å²) in [7, 11) is 0. The Labute approximate surface area is 153 Å². The summed E-state index contributed by atoms with van der Waals surface area (Å²) in [5.74, 6) is 0.239. The van der Waals surface area contributed by atoms with Crippen molar-refractivity contribution in [3.8, 4) is 0 Å². The quantitative estimate of drug-likeness (QED) is 0.707. The molecule has 0 saturated heterocycles. The van der Waals surface area contributed by atoms with E-state index in [1.54, 1.807) is 23.5 Å². The van der Waals surface area contributed by atoms with Gasteiger partial charge in [-0.15, -0.1) is 11.3 Å². The van der Waals surface area contributed by atoms with Crippen molar-refractivity contribution >= 4 is 23.2 Å². The Balaban J connectivity index is 1.86. The van der Waals surface area contributed by atoms with Gasteiger partial charge in [0.15, 0.2) is 0 Å². The molecule has 2 rings (SSSR count). The van der Waals surface area contributed by atoms with Crippen LogP contribution in [0, 0.1) is 5.92 Å². The molecule has 0 fully saturated rings. The first-order chi connectivity index (χ1) is 12.2. The van der Waals surface area contributed by atoms with Crippen LogP contribution in [-0.2, 0) is 4.79 Å². The van der Waals surface area contributed by atoms with Gasteiger partial charge in [0.2, 0.25) is 5.91 Å². The van der Waals surface area contributed by atoms with Crippen LogP contribution in [0.4, 0.5) is 0 Å². The van der Waals surface area contributed by atoms with E-state index in [0.29, 0.717) is 18.0 Å². The molecule has 0 saturated carbocycles. The first kappa shape index (κ1) is 19.2. The van der Waals surface area contributed by atoms with Crippen LogP contribution in [0.3, 0.4) is 0 Å². The number of benzene rings is 1. The van der Waals surface area contributed by atoms with Crippen LogP contribution in [0.2, 0.25) is 0 Å². The van der Waals surface area contributed by atoms with Gasteiger partial charge in [-0.3, -0.25) is 9.59 Å². The minimum absolute atomic E-state index is 0.0290. The van der Waals surface area contributed by atoms with Crippen molar-refractivity contribution in [2.75, 3.05) is 6.54 Å². The van der Waals surface area contributed by atoms with E-state index in [-0.39, 0.29) is 24.3 Å². The third-order valence-corrected chi connectivity index (χ3v) is 5.32. The van der Waals surface area contributed by atoms with Crippen LogP contribution in [0.5, 0.6) is 0 Å². The van der Waals surface area contributed by atoms with Crippen molar-refractivity contribution in [3.63, 3.8) is 0 Å². The molecule has 0 aliphatic carbocycles. The number of hydrogen-bond acceptors (Lipinski definition) is 3. The molecular weight excluding hydrogens is 332 g/mol. The summed E-state index contributed by atoms with van der Waals surface area (Å²) in [4.78, 5) is 25.5. The molecule has 2 aromatic rings. The lowest BCUT2D eigenvalue weighted by molar-refractivity contribution is -0.122. The van der Waals surface area contributed by atoms with Gasteiger partial charge in [0.25, 0.3) is 5.91 Å². The predicted octanol–water partition coefficient (Wildman–Crippen LogP) is 4.16. The zero-order valence-corrected chi connectivity index (χ0v) is 15.6. The third kappa shape index (κ3) is 5.71. The molecular formula is C20H26N2O2S. The first-order valence-corrected chi connectivity index (χ1v) is 9.69. The summed E-state index contributed by atoms with van der Waals surface area (Å²) in [6, 6.07) is 13.2. The highest BCUT2D eigenvalue weighted by molar-refractivity contribution is 7.10. The minimum atomic E-state index is -0.150. The van der Waals surface area contributed by atoms with Gasteiger partial charge < -0.3 is 10.6 Å². The second kappa shape index (κ2) is 9.99. The van der Waals surface area contributed by atoms with Crippen molar-refractivity contribution in [1.29, 1.82) is 0 Å². The van der Waals surface area contributed by atoms with Gasteiger partial charge in [-0.1, -0.05) is 51.0 Å². The fourth-order valence-corrected chi connectivity index (χ4v) is 3.75. The van der Waals surface area contributed by atoms with E-state index < -0.39 is 0 Å². The summed E-state index contributed by atoms with van der Waals surface area (Å²) < 4.78 is 0. The molecule has 0 radical (unpaired) electrons. The second-order valence-electron chi connectivity index (χ2n) is 6.01. The van der Waals surface area contributed by atoms with Gasteiger partial charge in [0.1, 0.15) is 0 Å². The average Bonchev–Trinajstić information content (AvgIpc) is 3.17. The molecule has 4 nitrogen and oxygen atoms in total. The van der Waals surface area contributed by atoms with Crippen molar-refractivity contribution < 1.29 is 9.59 Å². The zero-order valence-electron chi connectivity index (χ0n) is 14.8. The molecule has 1 unspecified atom stereocenters. The number of nitrogens with one attached hydrogen (secondary N) is 2. The van der Waals surface area contributed by atoms with E-state index in [0.717, 1.165) is 12.8 Å². The molecule has 1 aromatic carbocycles. The van der Waals surface area contributed by atoms with Gasteiger partial charge >= 0.3 is 0 Å². The highest BCUT2D eigenvalue weighted by Crippen LogP contribution is 2.30. The second-order valence-corrected chi connectivity index (χ2v) is 6.99. The minimum Gasteiger partial charge on any atom is -0.352 e. The summed E-state index contributed by atoms with van der Waals surface area (Å²) in [6.45, 7) is 4.64. The van der Waals surface area contributed by atoms with Gasteiger partial charge in [0.05, 0.1) is 6.04 Å². The van der Waals surface area contributed by atoms with E-state index in [9.17, 15) is 9.59 Å². The Bertz CT molecular complexity index is 652. The lowest BCUT2D eigenvalue weighted by Gasteiger charge is -2.25. The van der Waals surface area contributed by atoms with Crippen LogP contribution in [0.1, 0.15) is 54.4 Å². The molecule has 0 aliphatic rings. The SMILES string of the molecule is CCC(CC)C(NC(=O)CCNC(=O)c1ccccc1)c1cccs1. The van der Waals surface area contributed by atoms with Crippen molar-refractivity contribution in [1.82, 2.24) is 10.6 Å². The number of hydrogen-bond donors (Lipinski definition) is 2. The van der Waals surface area contributed by atoms with Crippen LogP contribution in [0.15, 0.2) is 47.8 Å². The van der Waals surface area contributed by atoms with Crippen molar-refractivity contribution in [3.05, 3.63) is 58.3 Å². The number of carbonyl (C=O) groups excluding carboxylic acids is 2. The molecule has 1 aromatic heterocycles. The largest absolute Gasteiger partial charge is 0.352 e. The first-order valence-electron chi connectivity index (χ1n) is 8.81. The number of amides is 2. The Kier molecular flexibility index (Phi) is 7.67. The van der Waals surface area contributed by atoms with Crippen molar-refractivity contribution in [2.45, 2.75) is 39.2 Å². The molecule has 134 valence electrons. The van der Waals surface area contributed by atoms with Crippen LogP contribution >= 0.6 is 11.3 Å². The smallest absolute Gasteiger partial charge is 0.251 e. The van der Waals surface area contributed by atoms with Crippen LogP contribution < -0.4 is 10.6 Å². The van der Waals surface area contributed by atoms with Crippen LogP contribution in [-0.4, -0.2) is 18.4 Å². The normalized spacial score (nSPS) is 12.0. The Hall–Kier alpha value is -2.14. The van der Waals surface area contributed by atoms with Gasteiger partial charge in [-0.25, -0.2) is 0 Å². The maximum absolute atomic E-state index is 12.3. The number of carbonyl (C=O) groups is 2. The molecule has 2 N–H and O–H groups in total. The molecule has 1 atom stereocenters.